The van der Waals surface area contributed by atoms with Crippen LogP contribution in [-0.4, -0.2) is 24.0 Å². The molecule has 0 aliphatic carbocycles. The molecule has 2 rings (SSSR count). The fourth-order valence-electron chi connectivity index (χ4n) is 3.07. The molecule has 0 radical (unpaired) electrons. The summed E-state index contributed by atoms with van der Waals surface area (Å²) in [6.07, 6.45) is 3.92. The van der Waals surface area contributed by atoms with E-state index in [1.54, 1.807) is 0 Å². The molecule has 2 nitrogen and oxygen atoms in total. The number of nitrogens with two attached hydrogens (primary N) is 1. The highest BCUT2D eigenvalue weighted by atomic mass is 32.1. The third kappa shape index (κ3) is 3.84. The Balaban J connectivity index is 2.00. The van der Waals surface area contributed by atoms with Crippen molar-refractivity contribution < 1.29 is 0 Å². The van der Waals surface area contributed by atoms with Crippen LogP contribution in [0.4, 0.5) is 0 Å². The van der Waals surface area contributed by atoms with Crippen LogP contribution in [0, 0.1) is 5.92 Å². The summed E-state index contributed by atoms with van der Waals surface area (Å²) in [6, 6.07) is 5.19. The molecule has 1 aromatic rings. The Bertz CT molecular complexity index is 419. The highest BCUT2D eigenvalue weighted by molar-refractivity contribution is 7.12. The Morgan fingerprint density at radius 3 is 2.65 bits per heavy atom. The summed E-state index contributed by atoms with van der Waals surface area (Å²) < 4.78 is 0. The second-order valence-electron chi connectivity index (χ2n) is 7.17. The fraction of sp³-hybridized carbons (Fsp3) is 0.765. The lowest BCUT2D eigenvalue weighted by atomic mass is 9.89. The van der Waals surface area contributed by atoms with Gasteiger partial charge in [-0.05, 0) is 42.9 Å². The van der Waals surface area contributed by atoms with E-state index in [0.29, 0.717) is 6.04 Å². The van der Waals surface area contributed by atoms with Gasteiger partial charge in [0.05, 0.1) is 0 Å². The normalized spacial score (nSPS) is 25.1. The van der Waals surface area contributed by atoms with Gasteiger partial charge in [-0.25, -0.2) is 0 Å². The maximum Gasteiger partial charge on any atom is 0.0331 e. The van der Waals surface area contributed by atoms with E-state index in [0.717, 1.165) is 19.0 Å². The molecule has 2 heterocycles. The van der Waals surface area contributed by atoms with Crippen molar-refractivity contribution in [2.24, 2.45) is 11.7 Å². The van der Waals surface area contributed by atoms with Crippen LogP contribution in [0.15, 0.2) is 12.1 Å². The smallest absolute Gasteiger partial charge is 0.0331 e. The molecule has 2 N–H and O–H groups in total. The van der Waals surface area contributed by atoms with Gasteiger partial charge < -0.3 is 5.73 Å². The molecular formula is C17H30N2S. The standard InChI is InChI=1S/C17H30N2S/c1-5-13-8-9-19(14(10-13)11-18)12-15-6-7-16(20-15)17(2,3)4/h6-7,13-14H,5,8-12,18H2,1-4H3. The van der Waals surface area contributed by atoms with E-state index in [9.17, 15) is 0 Å². The van der Waals surface area contributed by atoms with Gasteiger partial charge in [-0.15, -0.1) is 11.3 Å². The van der Waals surface area contributed by atoms with E-state index in [4.69, 9.17) is 5.73 Å². The minimum absolute atomic E-state index is 0.269. The first-order chi connectivity index (χ1) is 9.44. The van der Waals surface area contributed by atoms with Crippen molar-refractivity contribution in [1.29, 1.82) is 0 Å². The lowest BCUT2D eigenvalue weighted by Gasteiger charge is -2.38. The Morgan fingerprint density at radius 1 is 1.35 bits per heavy atom. The molecule has 2 atom stereocenters. The third-order valence-corrected chi connectivity index (χ3v) is 6.05. The summed E-state index contributed by atoms with van der Waals surface area (Å²) in [6.45, 7) is 12.3. The largest absolute Gasteiger partial charge is 0.329 e. The molecule has 1 aliphatic heterocycles. The number of nitrogens with zero attached hydrogens (tertiary/aromatic N) is 1. The Labute approximate surface area is 128 Å². The maximum atomic E-state index is 6.00. The molecule has 20 heavy (non-hydrogen) atoms. The number of hydrogen-bond donors (Lipinski definition) is 1. The van der Waals surface area contributed by atoms with Crippen LogP contribution in [0.3, 0.4) is 0 Å². The zero-order chi connectivity index (χ0) is 14.8. The Hall–Kier alpha value is -0.380. The van der Waals surface area contributed by atoms with Crippen molar-refractivity contribution in [3.63, 3.8) is 0 Å². The van der Waals surface area contributed by atoms with Crippen LogP contribution in [0.2, 0.25) is 0 Å². The van der Waals surface area contributed by atoms with Gasteiger partial charge in [-0.3, -0.25) is 4.90 Å². The van der Waals surface area contributed by atoms with E-state index in [1.165, 1.54) is 35.6 Å². The summed E-state index contributed by atoms with van der Waals surface area (Å²) in [4.78, 5) is 5.58. The van der Waals surface area contributed by atoms with E-state index < -0.39 is 0 Å². The van der Waals surface area contributed by atoms with Gasteiger partial charge in [0.1, 0.15) is 0 Å². The van der Waals surface area contributed by atoms with Crippen molar-refractivity contribution in [2.75, 3.05) is 13.1 Å². The van der Waals surface area contributed by atoms with Gasteiger partial charge in [-0.2, -0.15) is 0 Å². The lowest BCUT2D eigenvalue weighted by molar-refractivity contribution is 0.108. The topological polar surface area (TPSA) is 29.3 Å². The molecule has 1 aromatic heterocycles. The van der Waals surface area contributed by atoms with Crippen LogP contribution in [0.25, 0.3) is 0 Å². The van der Waals surface area contributed by atoms with Gasteiger partial charge in [0.15, 0.2) is 0 Å². The van der Waals surface area contributed by atoms with Crippen molar-refractivity contribution in [3.8, 4) is 0 Å². The number of piperidine rings is 1. The summed E-state index contributed by atoms with van der Waals surface area (Å²) >= 11 is 1.97. The number of hydrogen-bond acceptors (Lipinski definition) is 3. The zero-order valence-electron chi connectivity index (χ0n) is 13.5. The average molecular weight is 295 g/mol. The first-order valence-corrected chi connectivity index (χ1v) is 8.79. The fourth-order valence-corrected chi connectivity index (χ4v) is 4.16. The molecule has 0 aromatic carbocycles. The summed E-state index contributed by atoms with van der Waals surface area (Å²) in [5.41, 5.74) is 6.27. The van der Waals surface area contributed by atoms with Crippen molar-refractivity contribution in [3.05, 3.63) is 21.9 Å². The summed E-state index contributed by atoms with van der Waals surface area (Å²) in [7, 11) is 0. The molecule has 1 aliphatic rings. The van der Waals surface area contributed by atoms with Crippen LogP contribution < -0.4 is 5.73 Å². The number of thiophene rings is 1. The van der Waals surface area contributed by atoms with Gasteiger partial charge in [-0.1, -0.05) is 34.1 Å². The van der Waals surface area contributed by atoms with E-state index in [1.807, 2.05) is 11.3 Å². The van der Waals surface area contributed by atoms with Crippen molar-refractivity contribution >= 4 is 11.3 Å². The van der Waals surface area contributed by atoms with Crippen LogP contribution in [0.1, 0.15) is 56.7 Å². The second kappa shape index (κ2) is 6.59. The van der Waals surface area contributed by atoms with Gasteiger partial charge in [0.2, 0.25) is 0 Å². The van der Waals surface area contributed by atoms with E-state index in [-0.39, 0.29) is 5.41 Å². The first kappa shape index (κ1) is 16.0. The third-order valence-electron chi connectivity index (χ3n) is 4.56. The van der Waals surface area contributed by atoms with Crippen LogP contribution >= 0.6 is 11.3 Å². The predicted molar refractivity (Wildman–Crippen MR) is 89.3 cm³/mol. The quantitative estimate of drug-likeness (QED) is 0.909. The van der Waals surface area contributed by atoms with Gasteiger partial charge in [0, 0.05) is 28.9 Å². The highest BCUT2D eigenvalue weighted by Crippen LogP contribution is 2.32. The summed E-state index contributed by atoms with van der Waals surface area (Å²) in [5, 5.41) is 0. The number of likely N-dealkylation sites (tertiary alicyclic amines) is 1. The Morgan fingerprint density at radius 2 is 2.10 bits per heavy atom. The molecule has 3 heteroatoms. The molecule has 114 valence electrons. The van der Waals surface area contributed by atoms with Gasteiger partial charge in [0.25, 0.3) is 0 Å². The monoisotopic (exact) mass is 294 g/mol. The highest BCUT2D eigenvalue weighted by Gasteiger charge is 2.27. The van der Waals surface area contributed by atoms with Crippen LogP contribution in [-0.2, 0) is 12.0 Å². The second-order valence-corrected chi connectivity index (χ2v) is 8.34. The molecule has 0 bridgehead atoms. The van der Waals surface area contributed by atoms with Crippen molar-refractivity contribution in [2.45, 2.75) is 65.0 Å². The molecule has 0 amide bonds. The molecular weight excluding hydrogens is 264 g/mol. The summed E-state index contributed by atoms with van der Waals surface area (Å²) in [5.74, 6) is 0.883. The first-order valence-electron chi connectivity index (χ1n) is 7.97. The molecule has 1 saturated heterocycles. The minimum Gasteiger partial charge on any atom is -0.329 e. The minimum atomic E-state index is 0.269. The van der Waals surface area contributed by atoms with Crippen LogP contribution in [0.5, 0.6) is 0 Å². The van der Waals surface area contributed by atoms with E-state index >= 15 is 0 Å². The molecule has 1 fully saturated rings. The van der Waals surface area contributed by atoms with Crippen molar-refractivity contribution in [1.82, 2.24) is 4.90 Å². The SMILES string of the molecule is CCC1CCN(Cc2ccc(C(C)(C)C)s2)C(CN)C1. The zero-order valence-corrected chi connectivity index (χ0v) is 14.3. The lowest BCUT2D eigenvalue weighted by Crippen LogP contribution is -2.45. The maximum absolute atomic E-state index is 6.00. The van der Waals surface area contributed by atoms with E-state index in [2.05, 4.69) is 44.7 Å². The molecule has 2 unspecified atom stereocenters. The average Bonchev–Trinajstić information content (AvgIpc) is 2.87. The predicted octanol–water partition coefficient (Wildman–Crippen LogP) is 3.99. The molecule has 0 spiro atoms. The molecule has 0 saturated carbocycles. The van der Waals surface area contributed by atoms with Gasteiger partial charge >= 0.3 is 0 Å². The Kier molecular flexibility index (Phi) is 5.27. The number of rotatable bonds is 4.